The van der Waals surface area contributed by atoms with Crippen LogP contribution in [0.15, 0.2) is 36.5 Å². The maximum Gasteiger partial charge on any atom is 0.200 e. The van der Waals surface area contributed by atoms with Crippen LogP contribution >= 0.6 is 0 Å². The molecule has 0 saturated carbocycles. The van der Waals surface area contributed by atoms with Crippen molar-refractivity contribution < 1.29 is 9.47 Å². The topological polar surface area (TPSA) is 44.2 Å². The van der Waals surface area contributed by atoms with Gasteiger partial charge in [0, 0.05) is 26.3 Å². The molecule has 0 aliphatic heterocycles. The molecule has 0 bridgehead atoms. The lowest BCUT2D eigenvalue weighted by Crippen LogP contribution is -2.17. The molecule has 0 radical (unpaired) electrons. The SMILES string of the molecule is COC(OC)c1ccnc(C2CCc3ccccc3C2)n1. The zero-order valence-corrected chi connectivity index (χ0v) is 12.5. The molecule has 1 aliphatic rings. The Morgan fingerprint density at radius 2 is 1.86 bits per heavy atom. The van der Waals surface area contributed by atoms with Gasteiger partial charge in [-0.15, -0.1) is 0 Å². The van der Waals surface area contributed by atoms with Crippen LogP contribution in [0.5, 0.6) is 0 Å². The molecular weight excluding hydrogens is 264 g/mol. The van der Waals surface area contributed by atoms with E-state index in [-0.39, 0.29) is 0 Å². The summed E-state index contributed by atoms with van der Waals surface area (Å²) in [4.78, 5) is 9.11. The van der Waals surface area contributed by atoms with Gasteiger partial charge in [-0.05, 0) is 36.5 Å². The second-order valence-corrected chi connectivity index (χ2v) is 5.35. The molecule has 0 spiro atoms. The van der Waals surface area contributed by atoms with Crippen molar-refractivity contribution in [2.24, 2.45) is 0 Å². The number of nitrogens with zero attached hydrogens (tertiary/aromatic N) is 2. The fourth-order valence-corrected chi connectivity index (χ4v) is 2.97. The highest BCUT2D eigenvalue weighted by Gasteiger charge is 2.23. The molecule has 110 valence electrons. The molecule has 4 heteroatoms. The number of fused-ring (bicyclic) bond motifs is 1. The van der Waals surface area contributed by atoms with Gasteiger partial charge in [0.2, 0.25) is 6.29 Å². The summed E-state index contributed by atoms with van der Waals surface area (Å²) in [7, 11) is 3.24. The molecule has 4 nitrogen and oxygen atoms in total. The van der Waals surface area contributed by atoms with Crippen LogP contribution in [0.1, 0.15) is 41.3 Å². The molecule has 0 saturated heterocycles. The van der Waals surface area contributed by atoms with E-state index < -0.39 is 6.29 Å². The molecule has 1 aromatic heterocycles. The Kier molecular flexibility index (Phi) is 4.27. The van der Waals surface area contributed by atoms with Crippen molar-refractivity contribution in [1.29, 1.82) is 0 Å². The Morgan fingerprint density at radius 1 is 1.10 bits per heavy atom. The smallest absolute Gasteiger partial charge is 0.200 e. The summed E-state index contributed by atoms with van der Waals surface area (Å²) in [5, 5.41) is 0. The predicted molar refractivity (Wildman–Crippen MR) is 80.0 cm³/mol. The van der Waals surface area contributed by atoms with Gasteiger partial charge in [-0.25, -0.2) is 9.97 Å². The van der Waals surface area contributed by atoms with Crippen LogP contribution in [0, 0.1) is 0 Å². The number of methoxy groups -OCH3 is 2. The Labute approximate surface area is 125 Å². The second-order valence-electron chi connectivity index (χ2n) is 5.35. The Bertz CT molecular complexity index is 611. The molecule has 1 aromatic carbocycles. The lowest BCUT2D eigenvalue weighted by atomic mass is 9.83. The van der Waals surface area contributed by atoms with E-state index in [4.69, 9.17) is 9.47 Å². The first-order valence-corrected chi connectivity index (χ1v) is 7.27. The summed E-state index contributed by atoms with van der Waals surface area (Å²) < 4.78 is 10.5. The van der Waals surface area contributed by atoms with E-state index in [1.807, 2.05) is 6.07 Å². The summed E-state index contributed by atoms with van der Waals surface area (Å²) in [6, 6.07) is 10.5. The summed E-state index contributed by atoms with van der Waals surface area (Å²) >= 11 is 0. The first-order chi connectivity index (χ1) is 10.3. The predicted octanol–water partition coefficient (Wildman–Crippen LogP) is 3.04. The minimum atomic E-state index is -0.428. The highest BCUT2D eigenvalue weighted by atomic mass is 16.7. The number of hydrogen-bond acceptors (Lipinski definition) is 4. The third-order valence-electron chi connectivity index (χ3n) is 4.08. The van der Waals surface area contributed by atoms with Crippen molar-refractivity contribution in [3.8, 4) is 0 Å². The Balaban J connectivity index is 1.84. The number of benzene rings is 1. The monoisotopic (exact) mass is 284 g/mol. The van der Waals surface area contributed by atoms with E-state index >= 15 is 0 Å². The third-order valence-corrected chi connectivity index (χ3v) is 4.08. The summed E-state index contributed by atoms with van der Waals surface area (Å²) in [6.07, 6.45) is 4.55. The third kappa shape index (κ3) is 2.96. The van der Waals surface area contributed by atoms with Gasteiger partial charge >= 0.3 is 0 Å². The molecule has 21 heavy (non-hydrogen) atoms. The molecule has 0 fully saturated rings. The van der Waals surface area contributed by atoms with Crippen molar-refractivity contribution in [2.75, 3.05) is 14.2 Å². The van der Waals surface area contributed by atoms with E-state index in [2.05, 4.69) is 34.2 Å². The van der Waals surface area contributed by atoms with Gasteiger partial charge in [0.15, 0.2) is 0 Å². The van der Waals surface area contributed by atoms with E-state index in [0.29, 0.717) is 5.92 Å². The fraction of sp³-hybridized carbons (Fsp3) is 0.412. The first-order valence-electron chi connectivity index (χ1n) is 7.27. The largest absolute Gasteiger partial charge is 0.350 e. The molecule has 1 unspecified atom stereocenters. The van der Waals surface area contributed by atoms with E-state index in [0.717, 1.165) is 30.8 Å². The van der Waals surface area contributed by atoms with E-state index in [9.17, 15) is 0 Å². The second kappa shape index (κ2) is 6.33. The molecule has 1 atom stereocenters. The van der Waals surface area contributed by atoms with Crippen molar-refractivity contribution in [2.45, 2.75) is 31.5 Å². The van der Waals surface area contributed by atoms with Gasteiger partial charge in [0.05, 0.1) is 5.69 Å². The molecule has 1 heterocycles. The minimum absolute atomic E-state index is 0.370. The van der Waals surface area contributed by atoms with Crippen LogP contribution in [-0.4, -0.2) is 24.2 Å². The first kappa shape index (κ1) is 14.2. The van der Waals surface area contributed by atoms with Crippen LogP contribution in [0.3, 0.4) is 0 Å². The van der Waals surface area contributed by atoms with Crippen molar-refractivity contribution in [3.05, 3.63) is 59.2 Å². The highest BCUT2D eigenvalue weighted by molar-refractivity contribution is 5.31. The number of rotatable bonds is 4. The number of aromatic nitrogens is 2. The maximum atomic E-state index is 5.27. The van der Waals surface area contributed by atoms with Crippen molar-refractivity contribution in [1.82, 2.24) is 9.97 Å². The van der Waals surface area contributed by atoms with Crippen molar-refractivity contribution >= 4 is 0 Å². The van der Waals surface area contributed by atoms with Crippen LogP contribution in [-0.2, 0) is 22.3 Å². The quantitative estimate of drug-likeness (QED) is 0.809. The molecule has 1 aliphatic carbocycles. The Morgan fingerprint density at radius 3 is 2.62 bits per heavy atom. The average Bonchev–Trinajstić information content (AvgIpc) is 2.56. The number of aryl methyl sites for hydroxylation is 1. The van der Waals surface area contributed by atoms with Crippen LogP contribution in [0.25, 0.3) is 0 Å². The molecule has 0 N–H and O–H groups in total. The molecular formula is C17H20N2O2. The van der Waals surface area contributed by atoms with Gasteiger partial charge in [-0.3, -0.25) is 0 Å². The van der Waals surface area contributed by atoms with Crippen LogP contribution in [0.2, 0.25) is 0 Å². The van der Waals surface area contributed by atoms with Crippen LogP contribution < -0.4 is 0 Å². The van der Waals surface area contributed by atoms with Gasteiger partial charge in [-0.2, -0.15) is 0 Å². The van der Waals surface area contributed by atoms with Crippen LogP contribution in [0.4, 0.5) is 0 Å². The summed E-state index contributed by atoms with van der Waals surface area (Å²) in [5.74, 6) is 1.26. The van der Waals surface area contributed by atoms with Gasteiger partial charge in [0.25, 0.3) is 0 Å². The van der Waals surface area contributed by atoms with Gasteiger partial charge in [0.1, 0.15) is 5.82 Å². The summed E-state index contributed by atoms with van der Waals surface area (Å²) in [5.41, 5.74) is 3.65. The van der Waals surface area contributed by atoms with Crippen molar-refractivity contribution in [3.63, 3.8) is 0 Å². The molecule has 2 aromatic rings. The average molecular weight is 284 g/mol. The highest BCUT2D eigenvalue weighted by Crippen LogP contribution is 2.31. The van der Waals surface area contributed by atoms with Gasteiger partial charge in [-0.1, -0.05) is 24.3 Å². The lowest BCUT2D eigenvalue weighted by molar-refractivity contribution is -0.108. The maximum absolute atomic E-state index is 5.27. The number of hydrogen-bond donors (Lipinski definition) is 0. The molecule has 3 rings (SSSR count). The number of ether oxygens (including phenoxy) is 2. The molecule has 0 amide bonds. The van der Waals surface area contributed by atoms with E-state index in [1.54, 1.807) is 20.4 Å². The minimum Gasteiger partial charge on any atom is -0.350 e. The van der Waals surface area contributed by atoms with Gasteiger partial charge < -0.3 is 9.47 Å². The standard InChI is InChI=1S/C17H20N2O2/c1-20-17(21-2)15-9-10-18-16(19-15)14-8-7-12-5-3-4-6-13(12)11-14/h3-6,9-10,14,17H,7-8,11H2,1-2H3. The zero-order chi connectivity index (χ0) is 14.7. The fourth-order valence-electron chi connectivity index (χ4n) is 2.97. The van der Waals surface area contributed by atoms with E-state index in [1.165, 1.54) is 11.1 Å². The summed E-state index contributed by atoms with van der Waals surface area (Å²) in [6.45, 7) is 0. The Hall–Kier alpha value is -1.78. The normalized spacial score (nSPS) is 17.8. The zero-order valence-electron chi connectivity index (χ0n) is 12.5. The lowest BCUT2D eigenvalue weighted by Gasteiger charge is -2.24.